The Labute approximate surface area is 171 Å². The van der Waals surface area contributed by atoms with Crippen molar-refractivity contribution in [2.75, 3.05) is 11.9 Å². The van der Waals surface area contributed by atoms with Gasteiger partial charge in [0.05, 0.1) is 5.39 Å². The Morgan fingerprint density at radius 3 is 2.28 bits per heavy atom. The molecule has 0 saturated heterocycles. The summed E-state index contributed by atoms with van der Waals surface area (Å²) >= 11 is 0. The highest BCUT2D eigenvalue weighted by Crippen LogP contribution is 2.38. The van der Waals surface area contributed by atoms with Crippen molar-refractivity contribution in [3.05, 3.63) is 73.2 Å². The van der Waals surface area contributed by atoms with Crippen molar-refractivity contribution in [1.29, 1.82) is 0 Å². The summed E-state index contributed by atoms with van der Waals surface area (Å²) in [5, 5.41) is 1.13. The molecule has 1 fully saturated rings. The lowest BCUT2D eigenvalue weighted by molar-refractivity contribution is 0.426. The molecule has 4 aromatic rings. The smallest absolute Gasteiger partial charge is 0.150 e. The highest BCUT2D eigenvalue weighted by Gasteiger charge is 2.24. The first kappa shape index (κ1) is 17.9. The number of nitrogens with zero attached hydrogens (tertiary/aromatic N) is 4. The molecule has 0 N–H and O–H groups in total. The maximum atomic E-state index is 4.78. The minimum absolute atomic E-state index is 0.547. The van der Waals surface area contributed by atoms with E-state index in [4.69, 9.17) is 9.97 Å². The Bertz CT molecular complexity index is 1100. The van der Waals surface area contributed by atoms with Crippen LogP contribution in [0.1, 0.15) is 32.1 Å². The molecule has 0 aliphatic heterocycles. The summed E-state index contributed by atoms with van der Waals surface area (Å²) in [6, 6.07) is 21.6. The first-order valence-electron chi connectivity index (χ1n) is 10.5. The predicted octanol–water partition coefficient (Wildman–Crippen LogP) is 5.86. The molecule has 0 unspecified atom stereocenters. The molecular weight excluding hydrogens is 356 g/mol. The van der Waals surface area contributed by atoms with E-state index in [0.29, 0.717) is 6.04 Å². The van der Waals surface area contributed by atoms with Crippen molar-refractivity contribution in [2.45, 2.75) is 38.1 Å². The summed E-state index contributed by atoms with van der Waals surface area (Å²) in [4.78, 5) is 11.9. The van der Waals surface area contributed by atoms with E-state index >= 15 is 0 Å². The molecule has 29 heavy (non-hydrogen) atoms. The van der Waals surface area contributed by atoms with Gasteiger partial charge >= 0.3 is 0 Å². The molecule has 0 amide bonds. The molecule has 4 heteroatoms. The Hall–Kier alpha value is -3.14. The van der Waals surface area contributed by atoms with Gasteiger partial charge in [-0.3, -0.25) is 0 Å². The summed E-state index contributed by atoms with van der Waals surface area (Å²) in [7, 11) is 2.20. The van der Waals surface area contributed by atoms with Crippen molar-refractivity contribution in [1.82, 2.24) is 14.5 Å². The number of hydrogen-bond donors (Lipinski definition) is 0. The van der Waals surface area contributed by atoms with Crippen molar-refractivity contribution in [3.63, 3.8) is 0 Å². The maximum absolute atomic E-state index is 4.78. The van der Waals surface area contributed by atoms with Crippen LogP contribution < -0.4 is 4.90 Å². The van der Waals surface area contributed by atoms with Crippen molar-refractivity contribution in [3.8, 4) is 16.8 Å². The molecule has 2 heterocycles. The van der Waals surface area contributed by atoms with Gasteiger partial charge in [-0.25, -0.2) is 9.97 Å². The number of rotatable bonds is 4. The van der Waals surface area contributed by atoms with E-state index in [1.807, 2.05) is 6.07 Å². The molecule has 0 radical (unpaired) electrons. The van der Waals surface area contributed by atoms with E-state index in [-0.39, 0.29) is 0 Å². The van der Waals surface area contributed by atoms with Crippen LogP contribution in [0.4, 0.5) is 5.82 Å². The van der Waals surface area contributed by atoms with Crippen LogP contribution in [0, 0.1) is 0 Å². The SMILES string of the molecule is CN(c1ncnc2c1c(-c1ccccc1)cn2-c1ccccc1)C1CCCCC1. The molecule has 0 bridgehead atoms. The molecule has 2 aromatic carbocycles. The number of fused-ring (bicyclic) bond motifs is 1. The van der Waals surface area contributed by atoms with E-state index in [0.717, 1.165) is 22.5 Å². The maximum Gasteiger partial charge on any atom is 0.150 e. The van der Waals surface area contributed by atoms with Crippen molar-refractivity contribution < 1.29 is 0 Å². The molecule has 0 spiro atoms. The van der Waals surface area contributed by atoms with Gasteiger partial charge < -0.3 is 9.47 Å². The topological polar surface area (TPSA) is 34.0 Å². The quantitative estimate of drug-likeness (QED) is 0.443. The van der Waals surface area contributed by atoms with Gasteiger partial charge in [-0.1, -0.05) is 67.8 Å². The summed E-state index contributed by atoms with van der Waals surface area (Å²) in [6.45, 7) is 0. The molecule has 0 atom stereocenters. The highest BCUT2D eigenvalue weighted by molar-refractivity contribution is 6.02. The van der Waals surface area contributed by atoms with Crippen LogP contribution in [-0.2, 0) is 0 Å². The van der Waals surface area contributed by atoms with Crippen LogP contribution in [0.5, 0.6) is 0 Å². The van der Waals surface area contributed by atoms with E-state index in [1.165, 1.54) is 43.2 Å². The van der Waals surface area contributed by atoms with Gasteiger partial charge in [0, 0.05) is 30.5 Å². The lowest BCUT2D eigenvalue weighted by atomic mass is 9.94. The highest BCUT2D eigenvalue weighted by atomic mass is 15.2. The second kappa shape index (κ2) is 7.70. The van der Waals surface area contributed by atoms with E-state index < -0.39 is 0 Å². The fourth-order valence-electron chi connectivity index (χ4n) is 4.58. The Balaban J connectivity index is 1.73. The standard InChI is InChI=1S/C25H26N4/c1-28(20-13-7-3-8-14-20)24-23-22(19-11-5-2-6-12-19)17-29(25(23)27-18-26-24)21-15-9-4-10-16-21/h2,4-6,9-12,15-18,20H,3,7-8,13-14H2,1H3. The third kappa shape index (κ3) is 3.29. The second-order valence-electron chi connectivity index (χ2n) is 7.91. The fraction of sp³-hybridized carbons (Fsp3) is 0.280. The molecule has 4 nitrogen and oxygen atoms in total. The van der Waals surface area contributed by atoms with E-state index in [1.54, 1.807) is 6.33 Å². The summed E-state index contributed by atoms with van der Waals surface area (Å²) in [6.07, 6.45) is 10.4. The Morgan fingerprint density at radius 1 is 0.862 bits per heavy atom. The second-order valence-corrected chi connectivity index (χ2v) is 7.91. The van der Waals surface area contributed by atoms with Gasteiger partial charge in [0.15, 0.2) is 5.65 Å². The number of anilines is 1. The van der Waals surface area contributed by atoms with Crippen LogP contribution >= 0.6 is 0 Å². The third-order valence-electron chi connectivity index (χ3n) is 6.14. The Kier molecular flexibility index (Phi) is 4.76. The number of hydrogen-bond acceptors (Lipinski definition) is 3. The monoisotopic (exact) mass is 382 g/mol. The molecule has 1 aliphatic carbocycles. The van der Waals surface area contributed by atoms with Gasteiger partial charge in [-0.05, 0) is 30.5 Å². The minimum Gasteiger partial charge on any atom is -0.356 e. The molecule has 1 saturated carbocycles. The number of para-hydroxylation sites is 1. The first-order chi connectivity index (χ1) is 14.3. The van der Waals surface area contributed by atoms with Gasteiger partial charge in [0.1, 0.15) is 12.1 Å². The van der Waals surface area contributed by atoms with Crippen molar-refractivity contribution >= 4 is 16.9 Å². The molecule has 2 aromatic heterocycles. The lowest BCUT2D eigenvalue weighted by Crippen LogP contribution is -2.34. The molecule has 1 aliphatic rings. The van der Waals surface area contributed by atoms with Crippen molar-refractivity contribution in [2.24, 2.45) is 0 Å². The average molecular weight is 383 g/mol. The largest absolute Gasteiger partial charge is 0.356 e. The Morgan fingerprint density at radius 2 is 1.55 bits per heavy atom. The zero-order valence-corrected chi connectivity index (χ0v) is 16.8. The van der Waals surface area contributed by atoms with Crippen LogP contribution in [0.25, 0.3) is 27.8 Å². The fourth-order valence-corrected chi connectivity index (χ4v) is 4.58. The lowest BCUT2D eigenvalue weighted by Gasteiger charge is -2.32. The first-order valence-corrected chi connectivity index (χ1v) is 10.5. The number of benzene rings is 2. The molecule has 146 valence electrons. The van der Waals surface area contributed by atoms with E-state index in [2.05, 4.69) is 77.3 Å². The van der Waals surface area contributed by atoms with Crippen LogP contribution in [-0.4, -0.2) is 27.6 Å². The zero-order valence-electron chi connectivity index (χ0n) is 16.8. The van der Waals surface area contributed by atoms with Gasteiger partial charge in [-0.15, -0.1) is 0 Å². The van der Waals surface area contributed by atoms with E-state index in [9.17, 15) is 0 Å². The molecule has 5 rings (SSSR count). The number of aromatic nitrogens is 3. The third-order valence-corrected chi connectivity index (χ3v) is 6.14. The van der Waals surface area contributed by atoms with Gasteiger partial charge in [0.2, 0.25) is 0 Å². The van der Waals surface area contributed by atoms with Crippen LogP contribution in [0.15, 0.2) is 73.2 Å². The van der Waals surface area contributed by atoms with Gasteiger partial charge in [0.25, 0.3) is 0 Å². The summed E-state index contributed by atoms with van der Waals surface area (Å²) < 4.78 is 2.19. The van der Waals surface area contributed by atoms with Gasteiger partial charge in [-0.2, -0.15) is 0 Å². The normalized spacial score (nSPS) is 14.9. The summed E-state index contributed by atoms with van der Waals surface area (Å²) in [5.41, 5.74) is 4.45. The molecular formula is C25H26N4. The predicted molar refractivity (Wildman–Crippen MR) is 120 cm³/mol. The van der Waals surface area contributed by atoms with Crippen LogP contribution in [0.2, 0.25) is 0 Å². The zero-order chi connectivity index (χ0) is 19.6. The average Bonchev–Trinajstić information content (AvgIpc) is 3.20. The van der Waals surface area contributed by atoms with Crippen LogP contribution in [0.3, 0.4) is 0 Å². The minimum atomic E-state index is 0.547. The summed E-state index contributed by atoms with van der Waals surface area (Å²) in [5.74, 6) is 1.04.